The monoisotopic (exact) mass is 584 g/mol. The zero-order valence-corrected chi connectivity index (χ0v) is 25.1. The number of hydrogen-bond acceptors (Lipinski definition) is 6. The van der Waals surface area contributed by atoms with E-state index in [1.165, 1.54) is 0 Å². The molecule has 0 saturated carbocycles. The zero-order chi connectivity index (χ0) is 29.0. The highest BCUT2D eigenvalue weighted by atomic mass is 32.2. The van der Waals surface area contributed by atoms with E-state index in [1.54, 1.807) is 11.8 Å². The van der Waals surface area contributed by atoms with E-state index >= 15 is 0 Å². The largest absolute Gasteiger partial charge is 0.374 e. The van der Waals surface area contributed by atoms with Crippen LogP contribution < -0.4 is 0 Å². The van der Waals surface area contributed by atoms with Crippen LogP contribution in [0.25, 0.3) is 0 Å². The summed E-state index contributed by atoms with van der Waals surface area (Å²) >= 11 is 1.71. The Labute approximate surface area is 254 Å². The van der Waals surface area contributed by atoms with E-state index in [0.29, 0.717) is 26.4 Å². The third-order valence-electron chi connectivity index (χ3n) is 6.98. The van der Waals surface area contributed by atoms with Crippen LogP contribution in [0, 0.1) is 0 Å². The summed E-state index contributed by atoms with van der Waals surface area (Å²) in [4.78, 5) is 1.12. The van der Waals surface area contributed by atoms with Crippen molar-refractivity contribution in [2.24, 2.45) is 0 Å². The molecule has 1 saturated heterocycles. The van der Waals surface area contributed by atoms with Gasteiger partial charge in [0.2, 0.25) is 0 Å². The number of thioether (sulfide) groups is 1. The van der Waals surface area contributed by atoms with Crippen LogP contribution in [0.2, 0.25) is 0 Å². The lowest BCUT2D eigenvalue weighted by molar-refractivity contribution is -0.281. The summed E-state index contributed by atoms with van der Waals surface area (Å²) in [5.74, 6) is 0. The van der Waals surface area contributed by atoms with Crippen molar-refractivity contribution in [1.29, 1.82) is 0 Å². The van der Waals surface area contributed by atoms with E-state index in [-0.39, 0.29) is 17.5 Å². The average Bonchev–Trinajstić information content (AvgIpc) is 3.02. The van der Waals surface area contributed by atoms with Gasteiger partial charge in [0.05, 0.1) is 37.8 Å². The minimum Gasteiger partial charge on any atom is -0.374 e. The Hall–Kier alpha value is -2.97. The van der Waals surface area contributed by atoms with Crippen molar-refractivity contribution >= 4 is 11.8 Å². The molecule has 0 radical (unpaired) electrons. The number of ether oxygens (including phenoxy) is 5. The second-order valence-electron chi connectivity index (χ2n) is 10.6. The molecule has 6 heteroatoms. The van der Waals surface area contributed by atoms with Crippen LogP contribution in [-0.2, 0) is 43.5 Å². The molecule has 0 aliphatic carbocycles. The van der Waals surface area contributed by atoms with Gasteiger partial charge >= 0.3 is 0 Å². The average molecular weight is 585 g/mol. The standard InChI is InChI=1S/C36H40O5S/c1-27(2)40-36-35(42-31-21-13-6-14-22-31)34(39-25-30-19-11-5-12-20-30)33(38-24-29-17-9-4-10-18-29)32(41-36)26-37-23-28-15-7-3-8-16-28/h3-22,27,32-36H,23-26H2,1-2H3/t32-,33-,34+,35+,36+/m1/s1. The van der Waals surface area contributed by atoms with Crippen molar-refractivity contribution in [3.05, 3.63) is 138 Å². The molecule has 1 aliphatic rings. The van der Waals surface area contributed by atoms with Crippen LogP contribution >= 0.6 is 11.8 Å². The normalized spacial score (nSPS) is 22.3. The molecule has 5 nitrogen and oxygen atoms in total. The van der Waals surface area contributed by atoms with Gasteiger partial charge in [0, 0.05) is 4.90 Å². The highest BCUT2D eigenvalue weighted by molar-refractivity contribution is 8.00. The maximum Gasteiger partial charge on any atom is 0.173 e. The molecule has 42 heavy (non-hydrogen) atoms. The van der Waals surface area contributed by atoms with Crippen LogP contribution in [0.15, 0.2) is 126 Å². The van der Waals surface area contributed by atoms with Crippen molar-refractivity contribution in [1.82, 2.24) is 0 Å². The summed E-state index contributed by atoms with van der Waals surface area (Å²) in [5, 5.41) is -0.176. The van der Waals surface area contributed by atoms with Crippen molar-refractivity contribution in [3.63, 3.8) is 0 Å². The number of hydrogen-bond donors (Lipinski definition) is 0. The van der Waals surface area contributed by atoms with E-state index in [4.69, 9.17) is 23.7 Å². The first-order valence-corrected chi connectivity index (χ1v) is 15.5. The van der Waals surface area contributed by atoms with Gasteiger partial charge in [-0.1, -0.05) is 109 Å². The predicted molar refractivity (Wildman–Crippen MR) is 167 cm³/mol. The molecule has 4 aromatic rings. The van der Waals surface area contributed by atoms with Gasteiger partial charge in [-0.05, 0) is 42.7 Å². The summed E-state index contributed by atoms with van der Waals surface area (Å²) in [5.41, 5.74) is 3.31. The van der Waals surface area contributed by atoms with Crippen LogP contribution in [0.1, 0.15) is 30.5 Å². The molecule has 0 N–H and O–H groups in total. The first-order chi connectivity index (χ1) is 20.7. The van der Waals surface area contributed by atoms with Crippen LogP contribution in [0.5, 0.6) is 0 Å². The summed E-state index contributed by atoms with van der Waals surface area (Å²) in [7, 11) is 0. The number of benzene rings is 4. The molecular weight excluding hydrogens is 544 g/mol. The quantitative estimate of drug-likeness (QED) is 0.151. The molecule has 0 unspecified atom stereocenters. The minimum atomic E-state index is -0.516. The SMILES string of the molecule is CC(C)O[C@H]1O[C@H](COCc2ccccc2)[C@@H](OCc2ccccc2)[C@H](OCc2ccccc2)[C@@H]1Sc1ccccc1. The second-order valence-corrected chi connectivity index (χ2v) is 11.9. The van der Waals surface area contributed by atoms with Gasteiger partial charge in [0.25, 0.3) is 0 Å². The van der Waals surface area contributed by atoms with E-state index in [9.17, 15) is 0 Å². The molecule has 1 aliphatic heterocycles. The fourth-order valence-electron chi connectivity index (χ4n) is 4.96. The summed E-state index contributed by atoms with van der Waals surface area (Å²) in [6, 6.07) is 41.0. The van der Waals surface area contributed by atoms with Gasteiger partial charge in [-0.15, -0.1) is 11.8 Å². The highest BCUT2D eigenvalue weighted by Crippen LogP contribution is 2.39. The third kappa shape index (κ3) is 9.01. The summed E-state index contributed by atoms with van der Waals surface area (Å²) < 4.78 is 32.9. The van der Waals surface area contributed by atoms with E-state index in [0.717, 1.165) is 21.6 Å². The molecule has 5 rings (SSSR count). The first kappa shape index (κ1) is 30.5. The Kier molecular flexibility index (Phi) is 11.6. The Bertz CT molecular complexity index is 1290. The van der Waals surface area contributed by atoms with Crippen molar-refractivity contribution < 1.29 is 23.7 Å². The van der Waals surface area contributed by atoms with Gasteiger partial charge < -0.3 is 23.7 Å². The van der Waals surface area contributed by atoms with Gasteiger partial charge in [-0.2, -0.15) is 0 Å². The molecule has 220 valence electrons. The van der Waals surface area contributed by atoms with Crippen LogP contribution in [0.3, 0.4) is 0 Å². The Balaban J connectivity index is 1.44. The summed E-state index contributed by atoms with van der Waals surface area (Å²) in [6.45, 7) is 5.79. The Morgan fingerprint density at radius 1 is 0.619 bits per heavy atom. The fourth-order valence-corrected chi connectivity index (χ4v) is 6.20. The third-order valence-corrected chi connectivity index (χ3v) is 8.28. The summed E-state index contributed by atoms with van der Waals surface area (Å²) in [6.07, 6.45) is -1.66. The minimum absolute atomic E-state index is 0.0312. The molecule has 5 atom stereocenters. The van der Waals surface area contributed by atoms with Gasteiger partial charge in [-0.3, -0.25) is 0 Å². The maximum absolute atomic E-state index is 6.80. The molecule has 0 amide bonds. The zero-order valence-electron chi connectivity index (χ0n) is 24.3. The smallest absolute Gasteiger partial charge is 0.173 e. The van der Waals surface area contributed by atoms with Crippen molar-refractivity contribution in [2.75, 3.05) is 6.61 Å². The topological polar surface area (TPSA) is 46.2 Å². The van der Waals surface area contributed by atoms with Gasteiger partial charge in [0.15, 0.2) is 6.29 Å². The van der Waals surface area contributed by atoms with Gasteiger partial charge in [-0.25, -0.2) is 0 Å². The molecule has 1 fully saturated rings. The molecule has 0 bridgehead atoms. The fraction of sp³-hybridized carbons (Fsp3) is 0.333. The van der Waals surface area contributed by atoms with Crippen LogP contribution in [0.4, 0.5) is 0 Å². The lowest BCUT2D eigenvalue weighted by atomic mass is 10.00. The van der Waals surface area contributed by atoms with E-state index < -0.39 is 18.5 Å². The lowest BCUT2D eigenvalue weighted by Crippen LogP contribution is -2.60. The Morgan fingerprint density at radius 2 is 1.10 bits per heavy atom. The molecule has 1 heterocycles. The highest BCUT2D eigenvalue weighted by Gasteiger charge is 2.49. The van der Waals surface area contributed by atoms with Crippen molar-refractivity contribution in [2.45, 2.75) is 74.5 Å². The van der Waals surface area contributed by atoms with Gasteiger partial charge in [0.1, 0.15) is 18.3 Å². The number of rotatable bonds is 14. The van der Waals surface area contributed by atoms with Crippen LogP contribution in [-0.4, -0.2) is 42.6 Å². The Morgan fingerprint density at radius 3 is 1.62 bits per heavy atom. The van der Waals surface area contributed by atoms with Crippen molar-refractivity contribution in [3.8, 4) is 0 Å². The predicted octanol–water partition coefficient (Wildman–Crippen LogP) is 7.68. The molecule has 0 aromatic heterocycles. The molecule has 4 aromatic carbocycles. The molecule has 0 spiro atoms. The lowest BCUT2D eigenvalue weighted by Gasteiger charge is -2.46. The maximum atomic E-state index is 6.80. The molecular formula is C36H40O5S. The van der Waals surface area contributed by atoms with E-state index in [1.807, 2.05) is 86.6 Å². The second kappa shape index (κ2) is 16.0. The van der Waals surface area contributed by atoms with E-state index in [2.05, 4.69) is 48.5 Å². The first-order valence-electron chi connectivity index (χ1n) is 14.6.